The van der Waals surface area contributed by atoms with E-state index in [4.69, 9.17) is 23.7 Å². The number of carbonyl (C=O) groups excluding carboxylic acids is 2. The highest BCUT2D eigenvalue weighted by molar-refractivity contribution is 5.82. The predicted molar refractivity (Wildman–Crippen MR) is 73.7 cm³/mol. The number of hydrogen-bond acceptors (Lipinski definition) is 8. The molecule has 1 heterocycles. The summed E-state index contributed by atoms with van der Waals surface area (Å²) in [5, 5.41) is 0. The van der Waals surface area contributed by atoms with Gasteiger partial charge in [-0.25, -0.2) is 9.59 Å². The minimum Gasteiger partial charge on any atom is -0.467 e. The van der Waals surface area contributed by atoms with E-state index in [1.165, 1.54) is 34.5 Å². The average molecular weight is 318 g/mol. The molecule has 1 saturated heterocycles. The summed E-state index contributed by atoms with van der Waals surface area (Å²) in [6, 6.07) is 0. The average Bonchev–Trinajstić information content (AvgIpc) is 2.54. The molecule has 126 valence electrons. The Labute approximate surface area is 129 Å². The molecule has 1 aliphatic heterocycles. The summed E-state index contributed by atoms with van der Waals surface area (Å²) in [7, 11) is 5.28. The van der Waals surface area contributed by atoms with Gasteiger partial charge in [-0.15, -0.1) is 0 Å². The van der Waals surface area contributed by atoms with Gasteiger partial charge in [0.25, 0.3) is 0 Å². The minimum atomic E-state index is -1.35. The lowest BCUT2D eigenvalue weighted by molar-refractivity contribution is -0.438. The lowest BCUT2D eigenvalue weighted by atomic mass is 10.0. The van der Waals surface area contributed by atoms with E-state index in [9.17, 15) is 9.59 Å². The molecule has 8 nitrogen and oxygen atoms in total. The van der Waals surface area contributed by atoms with Gasteiger partial charge in [0.15, 0.2) is 6.10 Å². The van der Waals surface area contributed by atoms with Crippen LogP contribution in [0.2, 0.25) is 0 Å². The molecule has 0 aromatic carbocycles. The monoisotopic (exact) mass is 318 g/mol. The molecule has 22 heavy (non-hydrogen) atoms. The van der Waals surface area contributed by atoms with Crippen molar-refractivity contribution < 1.29 is 38.0 Å². The van der Waals surface area contributed by atoms with Crippen LogP contribution in [-0.4, -0.2) is 64.2 Å². The fourth-order valence-electron chi connectivity index (χ4n) is 1.99. The normalized spacial score (nSPS) is 35.4. The molecule has 0 spiro atoms. The molecule has 0 unspecified atom stereocenters. The Morgan fingerprint density at radius 2 is 1.50 bits per heavy atom. The molecule has 0 aromatic heterocycles. The molecule has 0 N–H and O–H groups in total. The van der Waals surface area contributed by atoms with Crippen LogP contribution in [0.1, 0.15) is 13.8 Å². The van der Waals surface area contributed by atoms with E-state index in [2.05, 4.69) is 4.74 Å². The van der Waals surface area contributed by atoms with Gasteiger partial charge in [0.05, 0.1) is 14.2 Å². The van der Waals surface area contributed by atoms with Crippen molar-refractivity contribution in [3.63, 3.8) is 0 Å². The molecule has 0 aromatic rings. The van der Waals surface area contributed by atoms with Crippen molar-refractivity contribution >= 4 is 11.9 Å². The molecule has 1 aliphatic rings. The molecule has 4 atom stereocenters. The molecular weight excluding hydrogens is 296 g/mol. The molecule has 0 saturated carbocycles. The Morgan fingerprint density at radius 1 is 0.955 bits per heavy atom. The lowest BCUT2D eigenvalue weighted by Gasteiger charge is -2.50. The van der Waals surface area contributed by atoms with Crippen molar-refractivity contribution in [1.82, 2.24) is 0 Å². The number of rotatable bonds is 5. The molecule has 0 bridgehead atoms. The summed E-state index contributed by atoms with van der Waals surface area (Å²) in [6.45, 7) is 3.18. The summed E-state index contributed by atoms with van der Waals surface area (Å²) in [5.41, 5.74) is 0. The van der Waals surface area contributed by atoms with Gasteiger partial charge in [0, 0.05) is 20.3 Å². The Kier molecular flexibility index (Phi) is 6.07. The number of ether oxygens (including phenoxy) is 6. The largest absolute Gasteiger partial charge is 0.467 e. The molecule has 0 aliphatic carbocycles. The van der Waals surface area contributed by atoms with Crippen LogP contribution >= 0.6 is 0 Å². The summed E-state index contributed by atoms with van der Waals surface area (Å²) in [6.07, 6.45) is 0.439. The third-order valence-electron chi connectivity index (χ3n) is 3.67. The zero-order chi connectivity index (χ0) is 17.0. The quantitative estimate of drug-likeness (QED) is 0.531. The van der Waals surface area contributed by atoms with Crippen LogP contribution < -0.4 is 0 Å². The Hall–Kier alpha value is -1.48. The second-order valence-corrected chi connectivity index (χ2v) is 4.83. The maximum Gasteiger partial charge on any atom is 0.338 e. The Morgan fingerprint density at radius 3 is 1.95 bits per heavy atom. The van der Waals surface area contributed by atoms with Gasteiger partial charge in [0.1, 0.15) is 6.10 Å². The van der Waals surface area contributed by atoms with Crippen LogP contribution in [-0.2, 0) is 38.0 Å². The van der Waals surface area contributed by atoms with E-state index in [0.717, 1.165) is 6.08 Å². The van der Waals surface area contributed by atoms with Crippen molar-refractivity contribution in [2.45, 2.75) is 37.6 Å². The van der Waals surface area contributed by atoms with Gasteiger partial charge in [0.2, 0.25) is 11.6 Å². The van der Waals surface area contributed by atoms with E-state index < -0.39 is 35.7 Å². The maximum atomic E-state index is 11.9. The van der Waals surface area contributed by atoms with Gasteiger partial charge in [-0.1, -0.05) is 0 Å². The SMILES string of the molecule is COC(=O)/C=C/[C@H]1O[C@@](C)(OC)[C@](C)(OC)O[C@H]1C(=O)OC. The van der Waals surface area contributed by atoms with Gasteiger partial charge < -0.3 is 28.4 Å². The van der Waals surface area contributed by atoms with E-state index >= 15 is 0 Å². The number of carbonyl (C=O) groups is 2. The lowest BCUT2D eigenvalue weighted by Crippen LogP contribution is -2.66. The highest BCUT2D eigenvalue weighted by Gasteiger charge is 2.58. The first-order chi connectivity index (χ1) is 10.3. The van der Waals surface area contributed by atoms with Gasteiger partial charge in [-0.05, 0) is 19.9 Å². The predicted octanol–water partition coefficient (Wildman–Crippen LogP) is 0.398. The van der Waals surface area contributed by atoms with Crippen LogP contribution in [0.15, 0.2) is 12.2 Å². The second-order valence-electron chi connectivity index (χ2n) is 4.83. The van der Waals surface area contributed by atoms with Gasteiger partial charge in [-0.2, -0.15) is 0 Å². The fraction of sp³-hybridized carbons (Fsp3) is 0.714. The molecule has 0 amide bonds. The highest BCUT2D eigenvalue weighted by atomic mass is 16.8. The van der Waals surface area contributed by atoms with E-state index in [1.54, 1.807) is 13.8 Å². The van der Waals surface area contributed by atoms with E-state index in [1.807, 2.05) is 0 Å². The van der Waals surface area contributed by atoms with Crippen molar-refractivity contribution in [2.75, 3.05) is 28.4 Å². The van der Waals surface area contributed by atoms with Crippen molar-refractivity contribution in [3.8, 4) is 0 Å². The van der Waals surface area contributed by atoms with E-state index in [-0.39, 0.29) is 0 Å². The standard InChI is InChI=1S/C14H22O8/c1-13(19-5)14(2,20-6)22-11(12(16)18-4)9(21-13)7-8-10(15)17-3/h7-9,11H,1-6H3/b8-7+/t9-,11-,13-,14-/m1/s1. The summed E-state index contributed by atoms with van der Waals surface area (Å²) < 4.78 is 31.4. The highest BCUT2D eigenvalue weighted by Crippen LogP contribution is 2.39. The first-order valence-electron chi connectivity index (χ1n) is 6.56. The zero-order valence-corrected chi connectivity index (χ0v) is 13.6. The minimum absolute atomic E-state index is 0.591. The Bertz CT molecular complexity index is 448. The third kappa shape index (κ3) is 3.46. The fourth-order valence-corrected chi connectivity index (χ4v) is 1.99. The molecular formula is C14H22O8. The summed E-state index contributed by atoms with van der Waals surface area (Å²) in [5.74, 6) is -3.92. The number of methoxy groups -OCH3 is 4. The smallest absolute Gasteiger partial charge is 0.338 e. The number of hydrogen-bond donors (Lipinski definition) is 0. The van der Waals surface area contributed by atoms with Crippen LogP contribution in [0.3, 0.4) is 0 Å². The first-order valence-corrected chi connectivity index (χ1v) is 6.56. The van der Waals surface area contributed by atoms with Crippen molar-refractivity contribution in [2.24, 2.45) is 0 Å². The molecule has 8 heteroatoms. The van der Waals surface area contributed by atoms with Crippen molar-refractivity contribution in [3.05, 3.63) is 12.2 Å². The first kappa shape index (κ1) is 18.6. The van der Waals surface area contributed by atoms with Gasteiger partial charge in [-0.3, -0.25) is 0 Å². The molecule has 0 radical (unpaired) electrons. The summed E-state index contributed by atoms with van der Waals surface area (Å²) in [4.78, 5) is 23.2. The van der Waals surface area contributed by atoms with Crippen LogP contribution in [0, 0.1) is 0 Å². The van der Waals surface area contributed by atoms with Gasteiger partial charge >= 0.3 is 11.9 Å². The summed E-state index contributed by atoms with van der Waals surface area (Å²) >= 11 is 0. The maximum absolute atomic E-state index is 11.9. The molecule has 1 rings (SSSR count). The topological polar surface area (TPSA) is 89.5 Å². The Balaban J connectivity index is 3.14. The van der Waals surface area contributed by atoms with E-state index in [0.29, 0.717) is 0 Å². The second kappa shape index (κ2) is 7.19. The third-order valence-corrected chi connectivity index (χ3v) is 3.67. The van der Waals surface area contributed by atoms with Crippen LogP contribution in [0.4, 0.5) is 0 Å². The van der Waals surface area contributed by atoms with Crippen LogP contribution in [0.5, 0.6) is 0 Å². The number of esters is 2. The van der Waals surface area contributed by atoms with Crippen LogP contribution in [0.25, 0.3) is 0 Å². The molecule has 1 fully saturated rings. The van der Waals surface area contributed by atoms with Crippen molar-refractivity contribution in [1.29, 1.82) is 0 Å². The zero-order valence-electron chi connectivity index (χ0n) is 13.6.